The Morgan fingerprint density at radius 2 is 2.31 bits per heavy atom. The van der Waals surface area contributed by atoms with Crippen molar-refractivity contribution in [3.8, 4) is 0 Å². The fourth-order valence-electron chi connectivity index (χ4n) is 2.42. The van der Waals surface area contributed by atoms with Gasteiger partial charge in [-0.05, 0) is 31.4 Å². The topological polar surface area (TPSA) is 16.1 Å². The molecule has 2 rings (SSSR count). The van der Waals surface area contributed by atoms with Crippen LogP contribution < -0.4 is 4.90 Å². The van der Waals surface area contributed by atoms with Crippen molar-refractivity contribution in [1.29, 1.82) is 0 Å². The van der Waals surface area contributed by atoms with Gasteiger partial charge in [-0.3, -0.25) is 4.98 Å². The summed E-state index contributed by atoms with van der Waals surface area (Å²) in [7, 11) is 0. The maximum atomic E-state index is 5.99. The zero-order valence-corrected chi connectivity index (χ0v) is 10.6. The molecule has 0 aromatic carbocycles. The van der Waals surface area contributed by atoms with Crippen LogP contribution in [0.1, 0.15) is 38.2 Å². The number of nitrogens with zero attached hydrogens (tertiary/aromatic N) is 2. The predicted molar refractivity (Wildman–Crippen MR) is 69.1 cm³/mol. The van der Waals surface area contributed by atoms with E-state index in [1.54, 1.807) is 0 Å². The number of hydrogen-bond donors (Lipinski definition) is 0. The van der Waals surface area contributed by atoms with E-state index in [9.17, 15) is 0 Å². The highest BCUT2D eigenvalue weighted by atomic mass is 35.5. The van der Waals surface area contributed by atoms with Gasteiger partial charge in [-0.1, -0.05) is 12.8 Å². The summed E-state index contributed by atoms with van der Waals surface area (Å²) in [5.41, 5.74) is 2.43. The van der Waals surface area contributed by atoms with Gasteiger partial charge < -0.3 is 4.90 Å². The van der Waals surface area contributed by atoms with Crippen molar-refractivity contribution < 1.29 is 0 Å². The second kappa shape index (κ2) is 5.53. The Kier molecular flexibility index (Phi) is 4.05. The average Bonchev–Trinajstić information content (AvgIpc) is 2.54. The number of anilines is 1. The molecule has 1 atom stereocenters. The molecule has 0 aliphatic carbocycles. The Morgan fingerprint density at radius 3 is 3.12 bits per heavy atom. The normalized spacial score (nSPS) is 21.9. The van der Waals surface area contributed by atoms with E-state index in [0.29, 0.717) is 11.9 Å². The third kappa shape index (κ3) is 2.49. The van der Waals surface area contributed by atoms with E-state index < -0.39 is 0 Å². The van der Waals surface area contributed by atoms with Crippen molar-refractivity contribution in [1.82, 2.24) is 4.98 Å². The zero-order valence-electron chi connectivity index (χ0n) is 9.82. The van der Waals surface area contributed by atoms with Gasteiger partial charge in [0.1, 0.15) is 0 Å². The summed E-state index contributed by atoms with van der Waals surface area (Å²) in [4.78, 5) is 6.70. The summed E-state index contributed by atoms with van der Waals surface area (Å²) in [5.74, 6) is 0.571. The van der Waals surface area contributed by atoms with Crippen LogP contribution >= 0.6 is 11.6 Å². The van der Waals surface area contributed by atoms with E-state index in [1.165, 1.54) is 36.9 Å². The molecule has 88 valence electrons. The fraction of sp³-hybridized carbons (Fsp3) is 0.615. The first-order valence-corrected chi connectivity index (χ1v) is 6.62. The van der Waals surface area contributed by atoms with Gasteiger partial charge in [-0.15, -0.1) is 11.6 Å². The van der Waals surface area contributed by atoms with Crippen LogP contribution in [-0.4, -0.2) is 17.6 Å². The van der Waals surface area contributed by atoms with E-state index in [-0.39, 0.29) is 0 Å². The molecular formula is C13H19ClN2. The largest absolute Gasteiger partial charge is 0.367 e. The van der Waals surface area contributed by atoms with Crippen LogP contribution in [0.15, 0.2) is 18.5 Å². The molecule has 0 bridgehead atoms. The molecule has 1 fully saturated rings. The van der Waals surface area contributed by atoms with Crippen molar-refractivity contribution in [3.05, 3.63) is 24.0 Å². The lowest BCUT2D eigenvalue weighted by Gasteiger charge is -2.30. The van der Waals surface area contributed by atoms with E-state index in [1.807, 2.05) is 18.5 Å². The summed E-state index contributed by atoms with van der Waals surface area (Å²) in [5, 5.41) is 0. The van der Waals surface area contributed by atoms with Crippen molar-refractivity contribution in [2.75, 3.05) is 11.4 Å². The molecule has 0 spiro atoms. The van der Waals surface area contributed by atoms with Gasteiger partial charge in [0, 0.05) is 24.7 Å². The van der Waals surface area contributed by atoms with Crippen LogP contribution in [0.5, 0.6) is 0 Å². The lowest BCUT2D eigenvalue weighted by atomic mass is 10.1. The van der Waals surface area contributed by atoms with Gasteiger partial charge in [0.15, 0.2) is 0 Å². The van der Waals surface area contributed by atoms with Gasteiger partial charge >= 0.3 is 0 Å². The monoisotopic (exact) mass is 238 g/mol. The number of halogens is 1. The molecule has 1 aromatic rings. The first-order valence-electron chi connectivity index (χ1n) is 6.08. The van der Waals surface area contributed by atoms with Crippen LogP contribution in [0.4, 0.5) is 5.69 Å². The van der Waals surface area contributed by atoms with Crippen molar-refractivity contribution in [2.24, 2.45) is 0 Å². The summed E-state index contributed by atoms with van der Waals surface area (Å²) in [6, 6.07) is 2.63. The number of rotatable bonds is 2. The minimum atomic E-state index is 0.571. The highest BCUT2D eigenvalue weighted by Gasteiger charge is 2.19. The maximum absolute atomic E-state index is 5.99. The molecule has 0 amide bonds. The Morgan fingerprint density at radius 1 is 1.44 bits per heavy atom. The minimum Gasteiger partial charge on any atom is -0.367 e. The SMILES string of the molecule is CC1CCCCCN1c1cnccc1CCl. The molecule has 0 radical (unpaired) electrons. The van der Waals surface area contributed by atoms with Crippen LogP contribution in [0.3, 0.4) is 0 Å². The van der Waals surface area contributed by atoms with E-state index in [4.69, 9.17) is 11.6 Å². The lowest BCUT2D eigenvalue weighted by molar-refractivity contribution is 0.614. The van der Waals surface area contributed by atoms with Gasteiger partial charge in [0.05, 0.1) is 11.9 Å². The summed E-state index contributed by atoms with van der Waals surface area (Å²) in [6.45, 7) is 3.44. The van der Waals surface area contributed by atoms with Gasteiger partial charge in [0.25, 0.3) is 0 Å². The quantitative estimate of drug-likeness (QED) is 0.732. The van der Waals surface area contributed by atoms with Crippen LogP contribution in [-0.2, 0) is 5.88 Å². The summed E-state index contributed by atoms with van der Waals surface area (Å²) >= 11 is 5.99. The van der Waals surface area contributed by atoms with Crippen molar-refractivity contribution in [2.45, 2.75) is 44.5 Å². The van der Waals surface area contributed by atoms with Crippen LogP contribution in [0.25, 0.3) is 0 Å². The number of hydrogen-bond acceptors (Lipinski definition) is 2. The van der Waals surface area contributed by atoms with Gasteiger partial charge in [0.2, 0.25) is 0 Å². The highest BCUT2D eigenvalue weighted by molar-refractivity contribution is 6.17. The molecule has 1 aliphatic heterocycles. The molecule has 0 N–H and O–H groups in total. The average molecular weight is 239 g/mol. The maximum Gasteiger partial charge on any atom is 0.0599 e. The standard InChI is InChI=1S/C13H19ClN2/c1-11-5-3-2-4-8-16(11)13-10-15-7-6-12(13)9-14/h6-7,10-11H,2-5,8-9H2,1H3. The van der Waals surface area contributed by atoms with Crippen LogP contribution in [0, 0.1) is 0 Å². The van der Waals surface area contributed by atoms with Crippen LogP contribution in [0.2, 0.25) is 0 Å². The smallest absolute Gasteiger partial charge is 0.0599 e. The Bertz CT molecular complexity index is 340. The molecule has 2 heterocycles. The molecule has 3 heteroatoms. The van der Waals surface area contributed by atoms with Crippen molar-refractivity contribution >= 4 is 17.3 Å². The van der Waals surface area contributed by atoms with Gasteiger partial charge in [-0.25, -0.2) is 0 Å². The molecule has 1 unspecified atom stereocenters. The number of aromatic nitrogens is 1. The Balaban J connectivity index is 2.26. The molecule has 1 saturated heterocycles. The lowest BCUT2D eigenvalue weighted by Crippen LogP contribution is -2.33. The second-order valence-electron chi connectivity index (χ2n) is 4.53. The van der Waals surface area contributed by atoms with Gasteiger partial charge in [-0.2, -0.15) is 0 Å². The number of alkyl halides is 1. The highest BCUT2D eigenvalue weighted by Crippen LogP contribution is 2.27. The fourth-order valence-corrected chi connectivity index (χ4v) is 2.65. The molecule has 1 aromatic heterocycles. The van der Waals surface area contributed by atoms with E-state index >= 15 is 0 Å². The first kappa shape index (κ1) is 11.7. The molecule has 2 nitrogen and oxygen atoms in total. The molecule has 1 aliphatic rings. The number of pyridine rings is 1. The van der Waals surface area contributed by atoms with E-state index in [2.05, 4.69) is 16.8 Å². The Hall–Kier alpha value is -0.760. The molecular weight excluding hydrogens is 220 g/mol. The third-order valence-corrected chi connectivity index (χ3v) is 3.68. The summed E-state index contributed by atoms with van der Waals surface area (Å²) in [6.07, 6.45) is 9.02. The predicted octanol–water partition coefficient (Wildman–Crippen LogP) is 3.59. The second-order valence-corrected chi connectivity index (χ2v) is 4.80. The molecule has 0 saturated carbocycles. The zero-order chi connectivity index (χ0) is 11.4. The minimum absolute atomic E-state index is 0.571. The summed E-state index contributed by atoms with van der Waals surface area (Å²) < 4.78 is 0. The Labute approximate surface area is 103 Å². The third-order valence-electron chi connectivity index (χ3n) is 3.39. The van der Waals surface area contributed by atoms with E-state index in [0.717, 1.165) is 6.54 Å². The van der Waals surface area contributed by atoms with Crippen molar-refractivity contribution in [3.63, 3.8) is 0 Å². The first-order chi connectivity index (χ1) is 7.83. The molecule has 16 heavy (non-hydrogen) atoms.